The first-order chi connectivity index (χ1) is 24.7. The second kappa shape index (κ2) is 23.1. The molecule has 0 bridgehead atoms. The first-order valence-corrected chi connectivity index (χ1v) is 20.8. The van der Waals surface area contributed by atoms with Crippen molar-refractivity contribution in [1.29, 1.82) is 0 Å². The van der Waals surface area contributed by atoms with Gasteiger partial charge in [-0.05, 0) is 69.1 Å². The number of carboxylic acids is 2. The van der Waals surface area contributed by atoms with E-state index in [9.17, 15) is 42.3 Å². The Labute approximate surface area is 321 Å². The number of ether oxygens (including phenoxy) is 1. The highest BCUT2D eigenvalue weighted by molar-refractivity contribution is 7.98. The third kappa shape index (κ3) is 22.3. The van der Waals surface area contributed by atoms with Gasteiger partial charge < -0.3 is 39.9 Å². The van der Waals surface area contributed by atoms with E-state index in [-0.39, 0.29) is 22.1 Å². The van der Waals surface area contributed by atoms with E-state index in [2.05, 4.69) is 65.1 Å². The number of anilines is 2. The van der Waals surface area contributed by atoms with Crippen LogP contribution in [-0.4, -0.2) is 96.9 Å². The molecule has 2 aromatic carbocycles. The minimum absolute atomic E-state index is 0.0550. The molecule has 0 spiro atoms. The van der Waals surface area contributed by atoms with Gasteiger partial charge in [-0.1, -0.05) is 23.4 Å². The minimum Gasteiger partial charge on any atom is -0.778 e. The van der Waals surface area contributed by atoms with Gasteiger partial charge in [0.25, 0.3) is 5.69 Å². The van der Waals surface area contributed by atoms with Crippen molar-refractivity contribution in [3.05, 3.63) is 62.7 Å². The molecule has 1 atom stereocenters. The lowest BCUT2D eigenvalue weighted by Gasteiger charge is -2.20. The summed E-state index contributed by atoms with van der Waals surface area (Å²) < 4.78 is 52.8. The lowest BCUT2D eigenvalue weighted by atomic mass is 10.1. The predicted molar refractivity (Wildman–Crippen MR) is 201 cm³/mol. The summed E-state index contributed by atoms with van der Waals surface area (Å²) in [6.07, 6.45) is 3.25. The average molecular weight is 848 g/mol. The van der Waals surface area contributed by atoms with Crippen LogP contribution in [0.2, 0.25) is 5.02 Å². The van der Waals surface area contributed by atoms with E-state index in [0.29, 0.717) is 28.9 Å². The molecule has 1 unspecified atom stereocenters. The number of nitro groups is 1. The number of alkyl halides is 3. The van der Waals surface area contributed by atoms with Gasteiger partial charge in [-0.15, -0.1) is 0 Å². The predicted octanol–water partition coefficient (Wildman–Crippen LogP) is 5.65. The van der Waals surface area contributed by atoms with Crippen molar-refractivity contribution in [1.82, 2.24) is 20.3 Å². The van der Waals surface area contributed by atoms with Crippen molar-refractivity contribution in [2.75, 3.05) is 55.0 Å². The highest BCUT2D eigenvalue weighted by Gasteiger charge is 2.31. The number of halogens is 4. The van der Waals surface area contributed by atoms with E-state index in [1.807, 2.05) is 18.5 Å². The van der Waals surface area contributed by atoms with Crippen LogP contribution in [0.15, 0.2) is 41.6 Å². The fourth-order valence-corrected chi connectivity index (χ4v) is 4.15. The molecule has 1 heterocycles. The largest absolute Gasteiger partial charge is 0.778 e. The summed E-state index contributed by atoms with van der Waals surface area (Å²) in [6, 6.07) is 5.27. The number of aromatic carboxylic acids is 1. The van der Waals surface area contributed by atoms with E-state index in [0.717, 1.165) is 42.0 Å². The van der Waals surface area contributed by atoms with Crippen molar-refractivity contribution in [3.63, 3.8) is 0 Å². The van der Waals surface area contributed by atoms with Crippen LogP contribution in [0.1, 0.15) is 43.6 Å². The summed E-state index contributed by atoms with van der Waals surface area (Å²) in [4.78, 5) is 61.6. The van der Waals surface area contributed by atoms with Crippen LogP contribution in [0.25, 0.3) is 0 Å². The van der Waals surface area contributed by atoms with Crippen molar-refractivity contribution >= 4 is 71.4 Å². The van der Waals surface area contributed by atoms with Crippen molar-refractivity contribution in [3.8, 4) is 11.5 Å². The Balaban J connectivity index is 0.000000805. The molecule has 24 heteroatoms. The second-order valence-electron chi connectivity index (χ2n) is 11.7. The quantitative estimate of drug-likeness (QED) is 0.0423. The van der Waals surface area contributed by atoms with Crippen LogP contribution < -0.4 is 25.6 Å². The number of hydrogen-bond donors (Lipinski definition) is 6. The number of carboxylic acid groups (broad SMARTS) is 2. The number of hydrogen-bond acceptors (Lipinski definition) is 14. The molecular weight excluding hydrogens is 806 g/mol. The number of nitro benzene ring substituents is 1. The zero-order chi connectivity index (χ0) is 42.0. The smallest absolute Gasteiger partial charge is 0.416 e. The molecule has 17 nitrogen and oxygen atoms in total. The molecule has 3 aromatic rings. The summed E-state index contributed by atoms with van der Waals surface area (Å²) in [6.45, 7) is 8.55. The monoisotopic (exact) mass is 847 g/mol. The second-order valence-corrected chi connectivity index (χ2v) is 16.9. The summed E-state index contributed by atoms with van der Waals surface area (Å²) in [5, 5.41) is 36.4. The van der Waals surface area contributed by atoms with E-state index in [1.165, 1.54) is 11.8 Å². The van der Waals surface area contributed by atoms with Gasteiger partial charge in [-0.2, -0.15) is 28.1 Å². The third-order valence-corrected chi connectivity index (χ3v) is 6.56. The van der Waals surface area contributed by atoms with Crippen LogP contribution in [0.4, 0.5) is 30.8 Å². The zero-order valence-electron chi connectivity index (χ0n) is 30.3. The molecule has 1 aromatic heterocycles. The summed E-state index contributed by atoms with van der Waals surface area (Å²) in [7, 11) is -3.71. The molecular formula is C30H42ClF3N7O10PS2. The van der Waals surface area contributed by atoms with E-state index in [1.54, 1.807) is 0 Å². The maximum atomic E-state index is 12.6. The molecule has 54 heavy (non-hydrogen) atoms. The number of thioether (sulfide) groups is 1. The molecule has 0 aliphatic carbocycles. The fourth-order valence-electron chi connectivity index (χ4n) is 3.18. The maximum absolute atomic E-state index is 12.6. The van der Waals surface area contributed by atoms with Crippen LogP contribution >= 0.6 is 31.0 Å². The maximum Gasteiger partial charge on any atom is 0.416 e. The Morgan fingerprint density at radius 2 is 1.63 bits per heavy atom. The first-order valence-electron chi connectivity index (χ1n) is 15.0. The van der Waals surface area contributed by atoms with Crippen LogP contribution in [-0.2, 0) is 26.4 Å². The molecule has 0 aliphatic heterocycles. The van der Waals surface area contributed by atoms with Gasteiger partial charge in [-0.3, -0.25) is 20.2 Å². The van der Waals surface area contributed by atoms with E-state index in [4.69, 9.17) is 31.4 Å². The number of rotatable bonds is 12. The van der Waals surface area contributed by atoms with Gasteiger partial charge in [0, 0.05) is 24.2 Å². The molecule has 0 aliphatic rings. The van der Waals surface area contributed by atoms with Crippen LogP contribution in [0.5, 0.6) is 11.5 Å². The molecule has 0 saturated heterocycles. The summed E-state index contributed by atoms with van der Waals surface area (Å²) in [5.41, 5.74) is -2.30. The average Bonchev–Trinajstić information content (AvgIpc) is 3.00. The Bertz CT molecular complexity index is 1750. The molecule has 6 N–H and O–H groups in total. The van der Waals surface area contributed by atoms with Gasteiger partial charge in [0.1, 0.15) is 24.7 Å². The Kier molecular flexibility index (Phi) is 21.4. The third-order valence-electron chi connectivity index (χ3n) is 5.09. The number of carbonyl (C=O) groups is 2. The van der Waals surface area contributed by atoms with Crippen LogP contribution in [0, 0.1) is 10.1 Å². The van der Waals surface area contributed by atoms with Crippen molar-refractivity contribution in [2.45, 2.75) is 44.6 Å². The van der Waals surface area contributed by atoms with Crippen molar-refractivity contribution in [2.24, 2.45) is 0 Å². The zero-order valence-corrected chi connectivity index (χ0v) is 33.6. The SMILES string of the molecule is CCNc1nc(NC(C)(C)C)nc(SC)n1.C[S+](C)C.O=C(O)CNCP(=O)([O-])O.O=C(O)c1cc(Oc2ccc(C(F)(F)F)cc2Cl)ccc1[N+](=O)[O-]. The molecule has 0 radical (unpaired) electrons. The number of nitrogens with one attached hydrogen (secondary N) is 3. The summed E-state index contributed by atoms with van der Waals surface area (Å²) >= 11 is 7.23. The Hall–Kier alpha value is -3.92. The highest BCUT2D eigenvalue weighted by atomic mass is 35.5. The molecule has 0 amide bonds. The van der Waals surface area contributed by atoms with Gasteiger partial charge in [0.15, 0.2) is 5.16 Å². The molecule has 0 saturated carbocycles. The lowest BCUT2D eigenvalue weighted by Crippen LogP contribution is -2.27. The standard InChI is InChI=1S/C14H7ClF3NO5.C10H19N5S.C3H8NO5P.C3H9S/c15-10-5-7(14(16,17)18)1-4-12(10)24-8-2-3-11(19(22)23)9(6-8)13(20)21;1-6-11-7-12-8(15-10(2,3)4)14-9(13-7)16-5;5-3(6)1-4-2-10(7,8)9;1-4(2)3/h1-6H,(H,20,21);6H2,1-5H3,(H2,11,12,13,14,15);4H,1-2H2,(H,5,6)(H2,7,8,9);1-3H3/q;;;+1/p-1. The van der Waals surface area contributed by atoms with Gasteiger partial charge in [0.05, 0.1) is 47.1 Å². The minimum atomic E-state index is -4.58. The number of aromatic nitrogens is 3. The van der Waals surface area contributed by atoms with E-state index >= 15 is 0 Å². The normalized spacial score (nSPS) is 12.0. The lowest BCUT2D eigenvalue weighted by molar-refractivity contribution is -0.385. The van der Waals surface area contributed by atoms with Gasteiger partial charge >= 0.3 is 18.1 Å². The van der Waals surface area contributed by atoms with Crippen molar-refractivity contribution < 1.29 is 57.0 Å². The number of benzene rings is 2. The van der Waals surface area contributed by atoms with Gasteiger partial charge in [-0.25, -0.2) is 4.79 Å². The Morgan fingerprint density at radius 3 is 2.06 bits per heavy atom. The van der Waals surface area contributed by atoms with Gasteiger partial charge in [0.2, 0.25) is 11.9 Å². The number of aliphatic carboxylic acids is 1. The highest BCUT2D eigenvalue weighted by Crippen LogP contribution is 2.37. The molecule has 3 rings (SSSR count). The molecule has 0 fully saturated rings. The topological polar surface area (TPSA) is 262 Å². The summed E-state index contributed by atoms with van der Waals surface area (Å²) in [5.74, 6) is -1.77. The van der Waals surface area contributed by atoms with E-state index < -0.39 is 60.3 Å². The Morgan fingerprint density at radius 1 is 1.06 bits per heavy atom. The molecule has 302 valence electrons. The van der Waals surface area contributed by atoms with Crippen LogP contribution in [0.3, 0.4) is 0 Å². The first kappa shape index (κ1) is 50.1. The number of nitrogens with zero attached hydrogens (tertiary/aromatic N) is 4. The fraction of sp³-hybridized carbons (Fsp3) is 0.433.